The lowest BCUT2D eigenvalue weighted by molar-refractivity contribution is -0.0275. The first-order valence-corrected chi connectivity index (χ1v) is 11.4. The van der Waals surface area contributed by atoms with E-state index in [9.17, 15) is 5.11 Å². The quantitative estimate of drug-likeness (QED) is 0.419. The van der Waals surface area contributed by atoms with E-state index in [1.165, 1.54) is 5.56 Å². The van der Waals surface area contributed by atoms with E-state index in [-0.39, 0.29) is 0 Å². The molecule has 0 spiro atoms. The van der Waals surface area contributed by atoms with Crippen LogP contribution in [0.1, 0.15) is 44.6 Å². The Morgan fingerprint density at radius 2 is 1.77 bits per heavy atom. The number of unbranched alkanes of at least 4 members (excludes halogenated alkanes) is 1. The van der Waals surface area contributed by atoms with Gasteiger partial charge < -0.3 is 14.7 Å². The Morgan fingerprint density at radius 3 is 2.39 bits per heavy atom. The topological polar surface area (TPSA) is 40.3 Å². The van der Waals surface area contributed by atoms with Gasteiger partial charge in [-0.25, -0.2) is 4.85 Å². The van der Waals surface area contributed by atoms with Gasteiger partial charge in [0.2, 0.25) is 0 Å². The molecule has 0 unspecified atom stereocenters. The fourth-order valence-electron chi connectivity index (χ4n) is 3.95. The molecule has 1 N–H and O–H groups in total. The summed E-state index contributed by atoms with van der Waals surface area (Å²) in [5.41, 5.74) is 2.45. The number of aliphatic hydroxyl groups is 1. The molecule has 3 rings (SSSR count). The smallest absolute Gasteiger partial charge is 0.187 e. The molecule has 1 aliphatic heterocycles. The Labute approximate surface area is 187 Å². The van der Waals surface area contributed by atoms with Crippen LogP contribution < -0.4 is 9.64 Å². The molecule has 0 bridgehead atoms. The molecule has 1 aliphatic rings. The summed E-state index contributed by atoms with van der Waals surface area (Å²) in [5, 5.41) is 11.1. The zero-order valence-corrected chi connectivity index (χ0v) is 18.9. The first kappa shape index (κ1) is 23.1. The van der Waals surface area contributed by atoms with Crippen molar-refractivity contribution < 1.29 is 9.84 Å². The van der Waals surface area contributed by atoms with Crippen molar-refractivity contribution in [1.29, 1.82) is 0 Å². The molecular formula is C26H35N3O2. The molecule has 0 atom stereocenters. The Bertz CT molecular complexity index is 834. The molecule has 5 nitrogen and oxygen atoms in total. The number of benzene rings is 2. The van der Waals surface area contributed by atoms with Crippen molar-refractivity contribution in [3.8, 4) is 5.75 Å². The van der Waals surface area contributed by atoms with Crippen molar-refractivity contribution in [2.24, 2.45) is 0 Å². The van der Waals surface area contributed by atoms with Crippen LogP contribution in [0.2, 0.25) is 0 Å². The van der Waals surface area contributed by atoms with Crippen LogP contribution in [-0.2, 0) is 6.54 Å². The Balaban J connectivity index is 1.42. The van der Waals surface area contributed by atoms with E-state index in [1.54, 1.807) is 0 Å². The number of ether oxygens (including phenoxy) is 1. The van der Waals surface area contributed by atoms with Gasteiger partial charge in [-0.05, 0) is 55.5 Å². The van der Waals surface area contributed by atoms with Crippen molar-refractivity contribution in [1.82, 2.24) is 4.90 Å². The van der Waals surface area contributed by atoms with Crippen LogP contribution in [0.3, 0.4) is 0 Å². The molecule has 5 heteroatoms. The van der Waals surface area contributed by atoms with Gasteiger partial charge in [0.05, 0.1) is 18.8 Å². The molecule has 0 aliphatic carbocycles. The van der Waals surface area contributed by atoms with E-state index in [0.29, 0.717) is 5.69 Å². The van der Waals surface area contributed by atoms with Crippen LogP contribution in [0.15, 0.2) is 48.5 Å². The normalized spacial score (nSPS) is 15.9. The zero-order valence-electron chi connectivity index (χ0n) is 18.9. The van der Waals surface area contributed by atoms with Gasteiger partial charge in [-0.1, -0.05) is 37.6 Å². The van der Waals surface area contributed by atoms with Crippen molar-refractivity contribution in [3.05, 3.63) is 65.5 Å². The molecule has 1 heterocycles. The molecule has 0 radical (unpaired) electrons. The maximum atomic E-state index is 11.1. The fraction of sp³-hybridized carbons (Fsp3) is 0.500. The monoisotopic (exact) mass is 421 g/mol. The minimum Gasteiger partial charge on any atom is -0.494 e. The van der Waals surface area contributed by atoms with Gasteiger partial charge in [0.25, 0.3) is 0 Å². The minimum atomic E-state index is -0.595. The molecular weight excluding hydrogens is 386 g/mol. The van der Waals surface area contributed by atoms with E-state index in [2.05, 4.69) is 40.7 Å². The number of hydrogen-bond donors (Lipinski definition) is 1. The lowest BCUT2D eigenvalue weighted by Crippen LogP contribution is -2.45. The molecule has 0 aromatic heterocycles. The number of anilines is 1. The molecule has 0 saturated carbocycles. The first-order valence-electron chi connectivity index (χ1n) is 11.4. The van der Waals surface area contributed by atoms with Crippen LogP contribution in [-0.4, -0.2) is 48.9 Å². The van der Waals surface area contributed by atoms with Crippen LogP contribution in [0, 0.1) is 6.57 Å². The highest BCUT2D eigenvalue weighted by Gasteiger charge is 2.32. The van der Waals surface area contributed by atoms with Crippen LogP contribution in [0.4, 0.5) is 11.4 Å². The third-order valence-electron chi connectivity index (χ3n) is 6.22. The molecule has 166 valence electrons. The summed E-state index contributed by atoms with van der Waals surface area (Å²) in [6.45, 7) is 13.5. The summed E-state index contributed by atoms with van der Waals surface area (Å²) in [4.78, 5) is 8.04. The van der Waals surface area contributed by atoms with Crippen molar-refractivity contribution in [2.75, 3.05) is 38.2 Å². The second kappa shape index (κ2) is 11.2. The third-order valence-corrected chi connectivity index (χ3v) is 6.22. The Hall–Kier alpha value is -2.55. The average Bonchev–Trinajstić information content (AvgIpc) is 2.80. The van der Waals surface area contributed by atoms with Gasteiger partial charge in [-0.15, -0.1) is 0 Å². The Kier molecular flexibility index (Phi) is 8.34. The second-order valence-corrected chi connectivity index (χ2v) is 8.65. The summed E-state index contributed by atoms with van der Waals surface area (Å²) in [7, 11) is 2.08. The van der Waals surface area contributed by atoms with Gasteiger partial charge in [0.15, 0.2) is 5.69 Å². The zero-order chi connectivity index (χ0) is 22.1. The van der Waals surface area contributed by atoms with E-state index in [0.717, 1.165) is 76.3 Å². The first-order chi connectivity index (χ1) is 15.0. The van der Waals surface area contributed by atoms with E-state index < -0.39 is 5.60 Å². The van der Waals surface area contributed by atoms with Crippen molar-refractivity contribution in [2.45, 2.75) is 51.2 Å². The standard InChI is InChI=1S/C26H35N3O2/c1-4-5-20-31-25-12-10-24(11-13-25)28(3)17-14-26(30)15-18-29(19-16-26)21-22-6-8-23(27-2)9-7-22/h6-13,30H,4-5,14-21H2,1,3H3. The number of nitrogens with zero attached hydrogens (tertiary/aromatic N) is 3. The fourth-order valence-corrected chi connectivity index (χ4v) is 3.95. The van der Waals surface area contributed by atoms with Gasteiger partial charge in [0.1, 0.15) is 5.75 Å². The van der Waals surface area contributed by atoms with Crippen molar-refractivity contribution in [3.63, 3.8) is 0 Å². The lowest BCUT2D eigenvalue weighted by Gasteiger charge is -2.39. The van der Waals surface area contributed by atoms with Gasteiger partial charge in [0, 0.05) is 38.9 Å². The molecule has 2 aromatic rings. The van der Waals surface area contributed by atoms with Gasteiger partial charge in [-0.3, -0.25) is 4.90 Å². The maximum absolute atomic E-state index is 11.1. The number of rotatable bonds is 10. The van der Waals surface area contributed by atoms with Crippen LogP contribution >= 0.6 is 0 Å². The molecule has 1 fully saturated rings. The van der Waals surface area contributed by atoms with Crippen LogP contribution in [0.5, 0.6) is 5.75 Å². The van der Waals surface area contributed by atoms with Crippen molar-refractivity contribution >= 4 is 11.4 Å². The highest BCUT2D eigenvalue weighted by Crippen LogP contribution is 2.28. The highest BCUT2D eigenvalue weighted by atomic mass is 16.5. The Morgan fingerprint density at radius 1 is 1.10 bits per heavy atom. The number of likely N-dealkylation sites (tertiary alicyclic amines) is 1. The SMILES string of the molecule is [C-]#[N+]c1ccc(CN2CCC(O)(CCN(C)c3ccc(OCCCC)cc3)CC2)cc1. The molecule has 31 heavy (non-hydrogen) atoms. The van der Waals surface area contributed by atoms with E-state index in [4.69, 9.17) is 11.3 Å². The predicted molar refractivity (Wildman–Crippen MR) is 127 cm³/mol. The third kappa shape index (κ3) is 6.99. The van der Waals surface area contributed by atoms with E-state index >= 15 is 0 Å². The second-order valence-electron chi connectivity index (χ2n) is 8.65. The molecule has 2 aromatic carbocycles. The summed E-state index contributed by atoms with van der Waals surface area (Å²) < 4.78 is 5.74. The largest absolute Gasteiger partial charge is 0.494 e. The maximum Gasteiger partial charge on any atom is 0.187 e. The predicted octanol–water partition coefficient (Wildman–Crippen LogP) is 5.27. The highest BCUT2D eigenvalue weighted by molar-refractivity contribution is 5.48. The number of hydrogen-bond acceptors (Lipinski definition) is 4. The number of piperidine rings is 1. The summed E-state index contributed by atoms with van der Waals surface area (Å²) >= 11 is 0. The van der Waals surface area contributed by atoms with E-state index in [1.807, 2.05) is 36.4 Å². The molecule has 1 saturated heterocycles. The summed E-state index contributed by atoms with van der Waals surface area (Å²) in [6, 6.07) is 16.1. The molecule has 0 amide bonds. The average molecular weight is 422 g/mol. The van der Waals surface area contributed by atoms with Gasteiger partial charge >= 0.3 is 0 Å². The van der Waals surface area contributed by atoms with Crippen LogP contribution in [0.25, 0.3) is 4.85 Å². The minimum absolute atomic E-state index is 0.595. The summed E-state index contributed by atoms with van der Waals surface area (Å²) in [5.74, 6) is 0.917. The van der Waals surface area contributed by atoms with Gasteiger partial charge in [-0.2, -0.15) is 0 Å². The summed E-state index contributed by atoms with van der Waals surface area (Å²) in [6.07, 6.45) is 4.58. The lowest BCUT2D eigenvalue weighted by atomic mass is 9.88.